The first-order chi connectivity index (χ1) is 9.63. The molecule has 0 fully saturated rings. The van der Waals surface area contributed by atoms with Crippen molar-refractivity contribution >= 4 is 6.09 Å². The van der Waals surface area contributed by atoms with E-state index in [1.807, 2.05) is 34.6 Å². The molecule has 0 spiro atoms. The van der Waals surface area contributed by atoms with E-state index in [1.54, 1.807) is 4.90 Å². The van der Waals surface area contributed by atoms with Crippen LogP contribution in [0.15, 0.2) is 11.6 Å². The number of hydrogen-bond donors (Lipinski definition) is 2. The van der Waals surface area contributed by atoms with Crippen molar-refractivity contribution in [2.75, 3.05) is 32.8 Å². The first-order valence-corrected chi connectivity index (χ1v) is 7.60. The summed E-state index contributed by atoms with van der Waals surface area (Å²) in [5.74, 6) is 0. The molecule has 122 valence electrons. The second-order valence-electron chi connectivity index (χ2n) is 7.46. The Morgan fingerprint density at radius 2 is 2.05 bits per heavy atom. The van der Waals surface area contributed by atoms with Gasteiger partial charge >= 0.3 is 6.09 Å². The molecule has 1 heterocycles. The van der Waals surface area contributed by atoms with Crippen molar-refractivity contribution in [3.8, 4) is 0 Å². The normalized spacial score (nSPS) is 16.7. The molecule has 21 heavy (non-hydrogen) atoms. The number of aliphatic hydroxyl groups is 1. The Balaban J connectivity index is 2.35. The third kappa shape index (κ3) is 6.96. The summed E-state index contributed by atoms with van der Waals surface area (Å²) in [6.07, 6.45) is 2.71. The fraction of sp³-hybridized carbons (Fsp3) is 0.812. The first-order valence-electron chi connectivity index (χ1n) is 7.60. The van der Waals surface area contributed by atoms with Gasteiger partial charge in [-0.15, -0.1) is 0 Å². The molecule has 0 unspecified atom stereocenters. The zero-order valence-electron chi connectivity index (χ0n) is 14.0. The van der Waals surface area contributed by atoms with Gasteiger partial charge < -0.3 is 20.1 Å². The highest BCUT2D eigenvalue weighted by atomic mass is 16.6. The van der Waals surface area contributed by atoms with E-state index in [4.69, 9.17) is 4.74 Å². The number of nitrogens with zero attached hydrogens (tertiary/aromatic N) is 1. The quantitative estimate of drug-likeness (QED) is 0.764. The van der Waals surface area contributed by atoms with E-state index >= 15 is 0 Å². The standard InChI is InChI=1S/C16H30N2O3/c1-15(2,3)21-14(20)18-8-6-13(7-9-18)10-17-11-16(4,5)12-19/h6,17,19H,7-12H2,1-5H3. The third-order valence-electron chi connectivity index (χ3n) is 3.34. The van der Waals surface area contributed by atoms with Crippen LogP contribution in [-0.2, 0) is 4.74 Å². The molecule has 2 N–H and O–H groups in total. The van der Waals surface area contributed by atoms with Gasteiger partial charge in [-0.05, 0) is 27.2 Å². The summed E-state index contributed by atoms with van der Waals surface area (Å²) < 4.78 is 5.37. The molecule has 1 aliphatic heterocycles. The number of nitrogens with one attached hydrogen (secondary N) is 1. The highest BCUT2D eigenvalue weighted by Gasteiger charge is 2.23. The van der Waals surface area contributed by atoms with E-state index in [9.17, 15) is 9.90 Å². The lowest BCUT2D eigenvalue weighted by atomic mass is 9.95. The average molecular weight is 298 g/mol. The van der Waals surface area contributed by atoms with Gasteiger partial charge in [0.2, 0.25) is 0 Å². The lowest BCUT2D eigenvalue weighted by molar-refractivity contribution is 0.0265. The molecule has 1 aliphatic rings. The first kappa shape index (κ1) is 18.0. The smallest absolute Gasteiger partial charge is 0.410 e. The van der Waals surface area contributed by atoms with E-state index in [2.05, 4.69) is 11.4 Å². The molecule has 1 rings (SSSR count). The Kier molecular flexibility index (Phi) is 6.23. The van der Waals surface area contributed by atoms with E-state index in [0.717, 1.165) is 19.5 Å². The molecular weight excluding hydrogens is 268 g/mol. The maximum Gasteiger partial charge on any atom is 0.410 e. The molecular formula is C16H30N2O3. The molecule has 1 amide bonds. The molecule has 0 saturated heterocycles. The Morgan fingerprint density at radius 3 is 2.52 bits per heavy atom. The Hall–Kier alpha value is -1.07. The number of ether oxygens (including phenoxy) is 1. The van der Waals surface area contributed by atoms with Crippen LogP contribution < -0.4 is 5.32 Å². The van der Waals surface area contributed by atoms with Crippen LogP contribution in [0.3, 0.4) is 0 Å². The minimum atomic E-state index is -0.446. The SMILES string of the molecule is CC(C)(CO)CNCC1=CCN(C(=O)OC(C)(C)C)CC1. The zero-order chi connectivity index (χ0) is 16.1. The van der Waals surface area contributed by atoms with Gasteiger partial charge in [0.25, 0.3) is 0 Å². The second kappa shape index (κ2) is 7.27. The number of carbonyl (C=O) groups is 1. The molecule has 0 aliphatic carbocycles. The van der Waals surface area contributed by atoms with Crippen LogP contribution in [0.1, 0.15) is 41.0 Å². The van der Waals surface area contributed by atoms with Crippen LogP contribution in [0, 0.1) is 5.41 Å². The molecule has 0 saturated carbocycles. The maximum atomic E-state index is 11.9. The van der Waals surface area contributed by atoms with Crippen LogP contribution >= 0.6 is 0 Å². The molecule has 0 aromatic rings. The van der Waals surface area contributed by atoms with Crippen molar-refractivity contribution in [3.63, 3.8) is 0 Å². The molecule has 0 atom stereocenters. The topological polar surface area (TPSA) is 61.8 Å². The van der Waals surface area contributed by atoms with E-state index < -0.39 is 5.60 Å². The number of amides is 1. The number of rotatable bonds is 5. The molecule has 0 aromatic carbocycles. The van der Waals surface area contributed by atoms with Crippen LogP contribution in [0.25, 0.3) is 0 Å². The van der Waals surface area contributed by atoms with Crippen molar-refractivity contribution in [1.82, 2.24) is 10.2 Å². The summed E-state index contributed by atoms with van der Waals surface area (Å²) in [5, 5.41) is 12.6. The van der Waals surface area contributed by atoms with Crippen molar-refractivity contribution in [3.05, 3.63) is 11.6 Å². The van der Waals surface area contributed by atoms with E-state index in [1.165, 1.54) is 5.57 Å². The minimum absolute atomic E-state index is 0.0994. The van der Waals surface area contributed by atoms with Gasteiger partial charge in [-0.1, -0.05) is 25.5 Å². The van der Waals surface area contributed by atoms with Crippen molar-refractivity contribution in [1.29, 1.82) is 0 Å². The predicted molar refractivity (Wildman–Crippen MR) is 84.2 cm³/mol. The summed E-state index contributed by atoms with van der Waals surface area (Å²) in [4.78, 5) is 13.7. The lowest BCUT2D eigenvalue weighted by Crippen LogP contribution is -2.40. The fourth-order valence-corrected chi connectivity index (χ4v) is 1.98. The Bertz CT molecular complexity index is 383. The summed E-state index contributed by atoms with van der Waals surface area (Å²) in [6.45, 7) is 12.8. The minimum Gasteiger partial charge on any atom is -0.444 e. The van der Waals surface area contributed by atoms with Crippen LogP contribution in [-0.4, -0.2) is 54.5 Å². The van der Waals surface area contributed by atoms with Gasteiger partial charge in [0, 0.05) is 38.2 Å². The van der Waals surface area contributed by atoms with Gasteiger partial charge in [0.05, 0.1) is 0 Å². The van der Waals surface area contributed by atoms with Crippen molar-refractivity contribution in [2.45, 2.75) is 46.6 Å². The van der Waals surface area contributed by atoms with Gasteiger partial charge in [-0.25, -0.2) is 4.79 Å². The van der Waals surface area contributed by atoms with Gasteiger partial charge in [0.15, 0.2) is 0 Å². The number of aliphatic hydroxyl groups excluding tert-OH is 1. The largest absolute Gasteiger partial charge is 0.444 e. The second-order valence-corrected chi connectivity index (χ2v) is 7.46. The molecule has 0 bridgehead atoms. The van der Waals surface area contributed by atoms with Gasteiger partial charge in [-0.2, -0.15) is 0 Å². The molecule has 5 heteroatoms. The number of carbonyl (C=O) groups excluding carboxylic acids is 1. The van der Waals surface area contributed by atoms with Crippen LogP contribution in [0.5, 0.6) is 0 Å². The predicted octanol–water partition coefficient (Wildman–Crippen LogP) is 2.16. The van der Waals surface area contributed by atoms with E-state index in [-0.39, 0.29) is 18.1 Å². The maximum absolute atomic E-state index is 11.9. The van der Waals surface area contributed by atoms with E-state index in [0.29, 0.717) is 13.1 Å². The molecule has 0 aromatic heterocycles. The van der Waals surface area contributed by atoms with Crippen LogP contribution in [0.4, 0.5) is 4.79 Å². The van der Waals surface area contributed by atoms with Crippen molar-refractivity contribution in [2.24, 2.45) is 5.41 Å². The molecule has 0 radical (unpaired) electrons. The van der Waals surface area contributed by atoms with Crippen LogP contribution in [0.2, 0.25) is 0 Å². The third-order valence-corrected chi connectivity index (χ3v) is 3.34. The summed E-state index contributed by atoms with van der Waals surface area (Å²) in [7, 11) is 0. The number of hydrogen-bond acceptors (Lipinski definition) is 4. The Morgan fingerprint density at radius 1 is 1.38 bits per heavy atom. The highest BCUT2D eigenvalue weighted by molar-refractivity contribution is 5.68. The zero-order valence-corrected chi connectivity index (χ0v) is 14.0. The van der Waals surface area contributed by atoms with Gasteiger partial charge in [0.1, 0.15) is 5.60 Å². The highest BCUT2D eigenvalue weighted by Crippen LogP contribution is 2.16. The summed E-state index contributed by atoms with van der Waals surface area (Å²) in [6, 6.07) is 0. The summed E-state index contributed by atoms with van der Waals surface area (Å²) in [5.41, 5.74) is 0.763. The lowest BCUT2D eigenvalue weighted by Gasteiger charge is -2.30. The van der Waals surface area contributed by atoms with Gasteiger partial charge in [-0.3, -0.25) is 0 Å². The summed E-state index contributed by atoms with van der Waals surface area (Å²) >= 11 is 0. The Labute approximate surface area is 128 Å². The fourth-order valence-electron chi connectivity index (χ4n) is 1.98. The molecule has 5 nitrogen and oxygen atoms in total. The monoisotopic (exact) mass is 298 g/mol. The average Bonchev–Trinajstić information content (AvgIpc) is 2.37. The van der Waals surface area contributed by atoms with Crippen molar-refractivity contribution < 1.29 is 14.6 Å².